The van der Waals surface area contributed by atoms with E-state index in [1.54, 1.807) is 4.90 Å². The molecular weight excluding hydrogens is 408 g/mol. The van der Waals surface area contributed by atoms with Gasteiger partial charge in [0.25, 0.3) is 0 Å². The number of hydrogen-bond acceptors (Lipinski definition) is 3. The molecule has 6 heteroatoms. The zero-order chi connectivity index (χ0) is 22.7. The van der Waals surface area contributed by atoms with Gasteiger partial charge in [-0.2, -0.15) is 0 Å². The SMILES string of the molecule is Cc1cccc(-c2cnc(C)nc2C2CCCN(C(=O)C=Cc3cc(F)cc(F)c3)C2)c1. The summed E-state index contributed by atoms with van der Waals surface area (Å²) in [5.74, 6) is -0.726. The third-order valence-electron chi connectivity index (χ3n) is 5.69. The fraction of sp³-hybridized carbons (Fsp3) is 0.269. The first-order valence-electron chi connectivity index (χ1n) is 10.7. The highest BCUT2D eigenvalue weighted by molar-refractivity contribution is 5.92. The molecule has 4 rings (SSSR count). The van der Waals surface area contributed by atoms with E-state index in [2.05, 4.69) is 30.1 Å². The second kappa shape index (κ2) is 9.39. The van der Waals surface area contributed by atoms with E-state index in [0.717, 1.165) is 41.3 Å². The standard InChI is InChI=1S/C26H25F2N3O/c1-17-5-3-6-20(11-17)24-15-29-18(2)30-26(24)21-7-4-10-31(16-21)25(32)9-8-19-12-22(27)14-23(28)13-19/h3,5-6,8-9,11-15,21H,4,7,10,16H2,1-2H3. The molecule has 1 aliphatic heterocycles. The van der Waals surface area contributed by atoms with Gasteiger partial charge in [0.05, 0.1) is 5.69 Å². The van der Waals surface area contributed by atoms with Gasteiger partial charge in [0.2, 0.25) is 5.91 Å². The van der Waals surface area contributed by atoms with Crippen molar-refractivity contribution in [3.8, 4) is 11.1 Å². The van der Waals surface area contributed by atoms with Gasteiger partial charge in [0, 0.05) is 42.9 Å². The molecule has 1 fully saturated rings. The number of piperidine rings is 1. The molecule has 0 saturated carbocycles. The molecule has 1 aromatic heterocycles. The molecule has 0 radical (unpaired) electrons. The van der Waals surface area contributed by atoms with Crippen molar-refractivity contribution in [2.45, 2.75) is 32.6 Å². The van der Waals surface area contributed by atoms with E-state index in [1.807, 2.05) is 19.2 Å². The average molecular weight is 434 g/mol. The van der Waals surface area contributed by atoms with Gasteiger partial charge in [-0.15, -0.1) is 0 Å². The van der Waals surface area contributed by atoms with Gasteiger partial charge in [-0.05, 0) is 56.0 Å². The van der Waals surface area contributed by atoms with Gasteiger partial charge < -0.3 is 4.90 Å². The molecule has 0 spiro atoms. The Morgan fingerprint density at radius 1 is 1.12 bits per heavy atom. The Labute approximate surface area is 186 Å². The predicted molar refractivity (Wildman–Crippen MR) is 121 cm³/mol. The van der Waals surface area contributed by atoms with E-state index in [1.165, 1.54) is 24.3 Å². The third-order valence-corrected chi connectivity index (χ3v) is 5.69. The minimum atomic E-state index is -0.669. The molecule has 164 valence electrons. The van der Waals surface area contributed by atoms with Crippen LogP contribution < -0.4 is 0 Å². The monoisotopic (exact) mass is 433 g/mol. The molecule has 0 N–H and O–H groups in total. The number of amides is 1. The van der Waals surface area contributed by atoms with Gasteiger partial charge in [0.15, 0.2) is 0 Å². The molecule has 1 atom stereocenters. The number of rotatable bonds is 4. The molecule has 1 amide bonds. The number of carbonyl (C=O) groups excluding carboxylic acids is 1. The summed E-state index contributed by atoms with van der Waals surface area (Å²) >= 11 is 0. The van der Waals surface area contributed by atoms with Crippen LogP contribution in [-0.2, 0) is 4.79 Å². The maximum atomic E-state index is 13.4. The van der Waals surface area contributed by atoms with Crippen molar-refractivity contribution in [1.82, 2.24) is 14.9 Å². The Morgan fingerprint density at radius 3 is 2.66 bits per heavy atom. The normalized spacial score (nSPS) is 16.5. The van der Waals surface area contributed by atoms with Crippen molar-refractivity contribution >= 4 is 12.0 Å². The van der Waals surface area contributed by atoms with Crippen LogP contribution in [-0.4, -0.2) is 33.9 Å². The maximum Gasteiger partial charge on any atom is 0.246 e. The fourth-order valence-corrected chi connectivity index (χ4v) is 4.18. The van der Waals surface area contributed by atoms with Crippen molar-refractivity contribution in [3.05, 3.63) is 89.0 Å². The largest absolute Gasteiger partial charge is 0.338 e. The number of hydrogen-bond donors (Lipinski definition) is 0. The highest BCUT2D eigenvalue weighted by atomic mass is 19.1. The van der Waals surface area contributed by atoms with Crippen LogP contribution >= 0.6 is 0 Å². The van der Waals surface area contributed by atoms with Crippen LogP contribution in [0.3, 0.4) is 0 Å². The van der Waals surface area contributed by atoms with Crippen molar-refractivity contribution in [2.75, 3.05) is 13.1 Å². The number of aryl methyl sites for hydroxylation is 2. The number of nitrogens with zero attached hydrogens (tertiary/aromatic N) is 3. The molecule has 4 nitrogen and oxygen atoms in total. The highest BCUT2D eigenvalue weighted by Gasteiger charge is 2.27. The minimum absolute atomic E-state index is 0.0879. The van der Waals surface area contributed by atoms with Gasteiger partial charge in [-0.1, -0.05) is 29.8 Å². The zero-order valence-electron chi connectivity index (χ0n) is 18.2. The van der Waals surface area contributed by atoms with Gasteiger partial charge in [-0.3, -0.25) is 4.79 Å². The number of benzene rings is 2. The summed E-state index contributed by atoms with van der Waals surface area (Å²) in [6.45, 7) is 5.10. The number of likely N-dealkylation sites (tertiary alicyclic amines) is 1. The number of halogens is 2. The van der Waals surface area contributed by atoms with Crippen LogP contribution in [0.15, 0.2) is 54.7 Å². The summed E-state index contributed by atoms with van der Waals surface area (Å²) in [6.07, 6.45) is 6.48. The average Bonchev–Trinajstić information content (AvgIpc) is 2.77. The van der Waals surface area contributed by atoms with Crippen LogP contribution in [0.25, 0.3) is 17.2 Å². The molecular formula is C26H25F2N3O. The molecule has 1 saturated heterocycles. The molecule has 0 bridgehead atoms. The lowest BCUT2D eigenvalue weighted by atomic mass is 9.89. The number of carbonyl (C=O) groups is 1. The second-order valence-corrected chi connectivity index (χ2v) is 8.25. The Hall–Kier alpha value is -3.41. The van der Waals surface area contributed by atoms with Gasteiger partial charge in [-0.25, -0.2) is 18.7 Å². The number of aromatic nitrogens is 2. The molecule has 0 aliphatic carbocycles. The van der Waals surface area contributed by atoms with Crippen LogP contribution in [0.5, 0.6) is 0 Å². The second-order valence-electron chi connectivity index (χ2n) is 8.25. The van der Waals surface area contributed by atoms with Crippen LogP contribution in [0.2, 0.25) is 0 Å². The summed E-state index contributed by atoms with van der Waals surface area (Å²) in [6, 6.07) is 11.4. The van der Waals surface area contributed by atoms with Crippen molar-refractivity contribution in [2.24, 2.45) is 0 Å². The predicted octanol–water partition coefficient (Wildman–Crippen LogP) is 5.46. The first kappa shape index (κ1) is 21.8. The fourth-order valence-electron chi connectivity index (χ4n) is 4.18. The smallest absolute Gasteiger partial charge is 0.246 e. The lowest BCUT2D eigenvalue weighted by Gasteiger charge is -2.32. The van der Waals surface area contributed by atoms with Crippen LogP contribution in [0.1, 0.15) is 41.4 Å². The third kappa shape index (κ3) is 5.07. The summed E-state index contributed by atoms with van der Waals surface area (Å²) in [5.41, 5.74) is 4.49. The van der Waals surface area contributed by atoms with Crippen LogP contribution in [0.4, 0.5) is 8.78 Å². The minimum Gasteiger partial charge on any atom is -0.338 e. The lowest BCUT2D eigenvalue weighted by Crippen LogP contribution is -2.38. The van der Waals surface area contributed by atoms with Gasteiger partial charge >= 0.3 is 0 Å². The van der Waals surface area contributed by atoms with E-state index in [9.17, 15) is 13.6 Å². The summed E-state index contributed by atoms with van der Waals surface area (Å²) < 4.78 is 26.8. The molecule has 32 heavy (non-hydrogen) atoms. The molecule has 1 aliphatic rings. The Bertz CT molecular complexity index is 1160. The first-order valence-corrected chi connectivity index (χ1v) is 10.7. The van der Waals surface area contributed by atoms with E-state index in [0.29, 0.717) is 24.5 Å². The summed E-state index contributed by atoms with van der Waals surface area (Å²) in [7, 11) is 0. The van der Waals surface area contributed by atoms with E-state index in [4.69, 9.17) is 4.98 Å². The summed E-state index contributed by atoms with van der Waals surface area (Å²) in [4.78, 5) is 23.7. The maximum absolute atomic E-state index is 13.4. The molecule has 1 unspecified atom stereocenters. The summed E-state index contributed by atoms with van der Waals surface area (Å²) in [5, 5.41) is 0. The van der Waals surface area contributed by atoms with E-state index in [-0.39, 0.29) is 11.8 Å². The molecule has 2 heterocycles. The first-order chi connectivity index (χ1) is 15.4. The van der Waals surface area contributed by atoms with Gasteiger partial charge in [0.1, 0.15) is 17.5 Å². The van der Waals surface area contributed by atoms with Crippen molar-refractivity contribution in [1.29, 1.82) is 0 Å². The lowest BCUT2D eigenvalue weighted by molar-refractivity contribution is -0.127. The quantitative estimate of drug-likeness (QED) is 0.514. The van der Waals surface area contributed by atoms with E-state index < -0.39 is 11.6 Å². The molecule has 3 aromatic rings. The Balaban J connectivity index is 1.56. The van der Waals surface area contributed by atoms with Crippen molar-refractivity contribution < 1.29 is 13.6 Å². The van der Waals surface area contributed by atoms with Crippen LogP contribution in [0, 0.1) is 25.5 Å². The van der Waals surface area contributed by atoms with E-state index >= 15 is 0 Å². The topological polar surface area (TPSA) is 46.1 Å². The van der Waals surface area contributed by atoms with Crippen molar-refractivity contribution in [3.63, 3.8) is 0 Å². The Kier molecular flexibility index (Phi) is 6.40. The zero-order valence-corrected chi connectivity index (χ0v) is 18.2. The Morgan fingerprint density at radius 2 is 1.91 bits per heavy atom. The highest BCUT2D eigenvalue weighted by Crippen LogP contribution is 2.33. The molecule has 2 aromatic carbocycles.